The van der Waals surface area contributed by atoms with Crippen molar-refractivity contribution in [2.24, 2.45) is 0 Å². The van der Waals surface area contributed by atoms with Crippen LogP contribution in [-0.4, -0.2) is 36.9 Å². The molecule has 9 heteroatoms. The van der Waals surface area contributed by atoms with Crippen molar-refractivity contribution in [3.8, 4) is 5.88 Å². The average molecular weight is 377 g/mol. The Bertz CT molecular complexity index is 824. The number of benzene rings is 1. The number of ether oxygens (including phenoxy) is 1. The third-order valence-electron chi connectivity index (χ3n) is 3.33. The van der Waals surface area contributed by atoms with Crippen LogP contribution in [0.25, 0.3) is 0 Å². The SMILES string of the molecule is O=S(=O)(c1ccc(F)c(Cl)c1)N1CC(Oc2ccc(Cl)cn2)C1. The van der Waals surface area contributed by atoms with Crippen LogP contribution >= 0.6 is 23.2 Å². The lowest BCUT2D eigenvalue weighted by atomic mass is 10.2. The first-order chi connectivity index (χ1) is 10.9. The molecule has 0 spiro atoms. The number of sulfonamides is 1. The van der Waals surface area contributed by atoms with Crippen molar-refractivity contribution in [3.63, 3.8) is 0 Å². The van der Waals surface area contributed by atoms with E-state index in [2.05, 4.69) is 4.98 Å². The first-order valence-corrected chi connectivity index (χ1v) is 8.79. The average Bonchev–Trinajstić information content (AvgIpc) is 2.47. The Hall–Kier alpha value is -1.41. The third kappa shape index (κ3) is 3.42. The largest absolute Gasteiger partial charge is 0.472 e. The fourth-order valence-electron chi connectivity index (χ4n) is 2.06. The summed E-state index contributed by atoms with van der Waals surface area (Å²) in [6.45, 7) is 0.364. The number of halogens is 3. The van der Waals surface area contributed by atoms with Gasteiger partial charge >= 0.3 is 0 Å². The van der Waals surface area contributed by atoms with E-state index in [4.69, 9.17) is 27.9 Å². The van der Waals surface area contributed by atoms with Gasteiger partial charge in [-0.3, -0.25) is 0 Å². The standard InChI is InChI=1S/C14H11Cl2FN2O3S/c15-9-1-4-14(18-6-9)22-10-7-19(8-10)23(20,21)11-2-3-13(17)12(16)5-11/h1-6,10H,7-8H2. The molecule has 2 heterocycles. The maximum absolute atomic E-state index is 13.1. The smallest absolute Gasteiger partial charge is 0.243 e. The fourth-order valence-corrected chi connectivity index (χ4v) is 3.95. The van der Waals surface area contributed by atoms with Gasteiger partial charge in [-0.25, -0.2) is 17.8 Å². The normalized spacial score (nSPS) is 16.1. The minimum atomic E-state index is -3.71. The molecule has 0 unspecified atom stereocenters. The fraction of sp³-hybridized carbons (Fsp3) is 0.214. The first-order valence-electron chi connectivity index (χ1n) is 6.59. The molecule has 1 aliphatic heterocycles. The van der Waals surface area contributed by atoms with Gasteiger partial charge in [0.25, 0.3) is 0 Å². The summed E-state index contributed by atoms with van der Waals surface area (Å²) in [6, 6.07) is 6.56. The van der Waals surface area contributed by atoms with Gasteiger partial charge in [0.15, 0.2) is 0 Å². The van der Waals surface area contributed by atoms with E-state index < -0.39 is 15.8 Å². The highest BCUT2D eigenvalue weighted by Crippen LogP contribution is 2.27. The molecule has 0 atom stereocenters. The molecule has 0 amide bonds. The van der Waals surface area contributed by atoms with Crippen molar-refractivity contribution in [2.45, 2.75) is 11.0 Å². The molecule has 1 aliphatic rings. The van der Waals surface area contributed by atoms with Crippen LogP contribution in [0.2, 0.25) is 10.0 Å². The van der Waals surface area contributed by atoms with Crippen molar-refractivity contribution in [3.05, 3.63) is 52.4 Å². The van der Waals surface area contributed by atoms with Gasteiger partial charge in [-0.05, 0) is 24.3 Å². The molecule has 0 bridgehead atoms. The van der Waals surface area contributed by atoms with Crippen LogP contribution in [0.4, 0.5) is 4.39 Å². The van der Waals surface area contributed by atoms with Gasteiger partial charge in [-0.1, -0.05) is 23.2 Å². The Kier molecular flexibility index (Phi) is 4.46. The summed E-state index contributed by atoms with van der Waals surface area (Å²) in [6.07, 6.45) is 1.15. The molecular formula is C14H11Cl2FN2O3S. The summed E-state index contributed by atoms with van der Waals surface area (Å²) in [7, 11) is -3.71. The molecule has 122 valence electrons. The Morgan fingerprint density at radius 3 is 2.57 bits per heavy atom. The number of hydrogen-bond donors (Lipinski definition) is 0. The number of pyridine rings is 1. The molecule has 1 fully saturated rings. The van der Waals surface area contributed by atoms with Crippen molar-refractivity contribution >= 4 is 33.2 Å². The van der Waals surface area contributed by atoms with Crippen molar-refractivity contribution in [1.29, 1.82) is 0 Å². The molecule has 3 rings (SSSR count). The summed E-state index contributed by atoms with van der Waals surface area (Å²) in [5.41, 5.74) is 0. The van der Waals surface area contributed by atoms with Gasteiger partial charge < -0.3 is 4.74 Å². The van der Waals surface area contributed by atoms with Crippen molar-refractivity contribution in [1.82, 2.24) is 9.29 Å². The summed E-state index contributed by atoms with van der Waals surface area (Å²) in [5.74, 6) is -0.287. The van der Waals surface area contributed by atoms with Crippen LogP contribution in [0.1, 0.15) is 0 Å². The second kappa shape index (κ2) is 6.24. The van der Waals surface area contributed by atoms with Crippen LogP contribution < -0.4 is 4.74 Å². The molecule has 0 saturated carbocycles. The highest BCUT2D eigenvalue weighted by atomic mass is 35.5. The monoisotopic (exact) mass is 376 g/mol. The van der Waals surface area contributed by atoms with Gasteiger partial charge in [0, 0.05) is 12.3 Å². The van der Waals surface area contributed by atoms with Gasteiger partial charge in [0.2, 0.25) is 15.9 Å². The second-order valence-electron chi connectivity index (χ2n) is 4.95. The number of rotatable bonds is 4. The zero-order valence-corrected chi connectivity index (χ0v) is 13.9. The molecular weight excluding hydrogens is 366 g/mol. The van der Waals surface area contributed by atoms with Crippen LogP contribution in [0.15, 0.2) is 41.4 Å². The van der Waals surface area contributed by atoms with Crippen molar-refractivity contribution in [2.75, 3.05) is 13.1 Å². The van der Waals surface area contributed by atoms with E-state index in [0.29, 0.717) is 10.9 Å². The number of hydrogen-bond acceptors (Lipinski definition) is 4. The van der Waals surface area contributed by atoms with E-state index >= 15 is 0 Å². The maximum atomic E-state index is 13.1. The van der Waals surface area contributed by atoms with E-state index in [-0.39, 0.29) is 29.1 Å². The van der Waals surface area contributed by atoms with Gasteiger partial charge in [0.1, 0.15) is 11.9 Å². The van der Waals surface area contributed by atoms with Gasteiger partial charge in [-0.15, -0.1) is 0 Å². The van der Waals surface area contributed by atoms with Crippen molar-refractivity contribution < 1.29 is 17.5 Å². The molecule has 2 aromatic rings. The quantitative estimate of drug-likeness (QED) is 0.822. The van der Waals surface area contributed by atoms with Crippen LogP contribution in [0.3, 0.4) is 0 Å². The molecule has 0 radical (unpaired) electrons. The van der Waals surface area contributed by atoms with Gasteiger partial charge in [0.05, 0.1) is 28.0 Å². The summed E-state index contributed by atoms with van der Waals surface area (Å²) >= 11 is 11.4. The minimum Gasteiger partial charge on any atom is -0.472 e. The Morgan fingerprint density at radius 1 is 1.22 bits per heavy atom. The van der Waals surface area contributed by atoms with E-state index in [0.717, 1.165) is 12.1 Å². The molecule has 1 aromatic heterocycles. The predicted molar refractivity (Wildman–Crippen MR) is 83.8 cm³/mol. The first kappa shape index (κ1) is 16.4. The lowest BCUT2D eigenvalue weighted by Gasteiger charge is -2.37. The molecule has 0 aliphatic carbocycles. The zero-order valence-electron chi connectivity index (χ0n) is 11.6. The van der Waals surface area contributed by atoms with Crippen LogP contribution in [0, 0.1) is 5.82 Å². The highest BCUT2D eigenvalue weighted by Gasteiger charge is 2.38. The molecule has 23 heavy (non-hydrogen) atoms. The van der Waals surface area contributed by atoms with Gasteiger partial charge in [-0.2, -0.15) is 4.31 Å². The van der Waals surface area contributed by atoms with Crippen LogP contribution in [0.5, 0.6) is 5.88 Å². The zero-order chi connectivity index (χ0) is 16.6. The lowest BCUT2D eigenvalue weighted by molar-refractivity contribution is 0.0721. The highest BCUT2D eigenvalue weighted by molar-refractivity contribution is 7.89. The summed E-state index contributed by atoms with van der Waals surface area (Å²) in [5, 5.41) is 0.258. The molecule has 0 N–H and O–H groups in total. The maximum Gasteiger partial charge on any atom is 0.243 e. The van der Waals surface area contributed by atoms with E-state index in [9.17, 15) is 12.8 Å². The topological polar surface area (TPSA) is 59.5 Å². The predicted octanol–water partition coefficient (Wildman–Crippen LogP) is 2.98. The summed E-state index contributed by atoms with van der Waals surface area (Å²) in [4.78, 5) is 3.94. The Labute approximate surface area is 142 Å². The molecule has 5 nitrogen and oxygen atoms in total. The van der Waals surface area contributed by atoms with E-state index in [1.165, 1.54) is 16.6 Å². The Balaban J connectivity index is 1.65. The van der Waals surface area contributed by atoms with E-state index in [1.54, 1.807) is 12.1 Å². The van der Waals surface area contributed by atoms with Crippen LogP contribution in [-0.2, 0) is 10.0 Å². The lowest BCUT2D eigenvalue weighted by Crippen LogP contribution is -2.56. The molecule has 1 saturated heterocycles. The molecule has 1 aromatic carbocycles. The third-order valence-corrected chi connectivity index (χ3v) is 5.67. The number of nitrogens with zero attached hydrogens (tertiary/aromatic N) is 2. The number of aromatic nitrogens is 1. The minimum absolute atomic E-state index is 0.0491. The second-order valence-corrected chi connectivity index (χ2v) is 7.73. The Morgan fingerprint density at radius 2 is 1.96 bits per heavy atom. The van der Waals surface area contributed by atoms with E-state index in [1.807, 2.05) is 0 Å². The summed E-state index contributed by atoms with van der Waals surface area (Å²) < 4.78 is 44.7.